The zero-order chi connectivity index (χ0) is 49.3. The standard InChI is InChI=1S/C62H113NO5/c1-3-5-7-9-11-13-15-17-19-27-30-34-38-42-46-50-54-60(65)59(58-64)63-61(66)55-51-47-43-39-35-31-28-25-23-21-20-22-24-26-29-33-37-41-45-49-53-57-68-62(67)56-52-48-44-40-36-32-18-16-14-12-10-8-6-4-2/h10,12,16,18,33,37,45,49-50,54,59-60,64-65H,3-9,11,13-15,17,19-32,34-36,38-44,46-48,51-53,55-58H2,1-2H3,(H,63,66)/b12-10-,18-16-,37-33-,49-45-,54-50+. The Morgan fingerprint density at radius 2 is 0.750 bits per heavy atom. The quantitative estimate of drug-likeness (QED) is 0.0321. The second kappa shape index (κ2) is 57.1. The zero-order valence-corrected chi connectivity index (χ0v) is 45.1. The lowest BCUT2D eigenvalue weighted by atomic mass is 10.0. The average Bonchev–Trinajstić information content (AvgIpc) is 3.34. The van der Waals surface area contributed by atoms with E-state index in [0.717, 1.165) is 64.2 Å². The highest BCUT2D eigenvalue weighted by molar-refractivity contribution is 5.76. The molecule has 0 aliphatic carbocycles. The van der Waals surface area contributed by atoms with E-state index >= 15 is 0 Å². The lowest BCUT2D eigenvalue weighted by Gasteiger charge is -2.20. The Morgan fingerprint density at radius 1 is 0.412 bits per heavy atom. The Hall–Kier alpha value is -2.44. The van der Waals surface area contributed by atoms with E-state index in [-0.39, 0.29) is 18.5 Å². The number of ether oxygens (including phenoxy) is 1. The molecule has 396 valence electrons. The molecule has 6 nitrogen and oxygen atoms in total. The van der Waals surface area contributed by atoms with Crippen molar-refractivity contribution in [2.45, 2.75) is 309 Å². The van der Waals surface area contributed by atoms with Crippen molar-refractivity contribution in [3.63, 3.8) is 0 Å². The van der Waals surface area contributed by atoms with Crippen LogP contribution in [0.15, 0.2) is 60.8 Å². The molecule has 0 aromatic carbocycles. The van der Waals surface area contributed by atoms with Gasteiger partial charge >= 0.3 is 5.97 Å². The molecular weight excluding hydrogens is 839 g/mol. The summed E-state index contributed by atoms with van der Waals surface area (Å²) in [7, 11) is 0. The van der Waals surface area contributed by atoms with Crippen LogP contribution in [0.3, 0.4) is 0 Å². The third-order valence-electron chi connectivity index (χ3n) is 13.3. The van der Waals surface area contributed by atoms with Crippen LogP contribution in [0.4, 0.5) is 0 Å². The first-order chi connectivity index (χ1) is 33.5. The normalized spacial score (nSPS) is 13.1. The van der Waals surface area contributed by atoms with E-state index in [2.05, 4.69) is 67.8 Å². The molecule has 68 heavy (non-hydrogen) atoms. The SMILES string of the molecule is CCCC/C=C\C/C=C\CCCCCCCC(=O)OCC/C=C\C/C=C\CCCCCCCCCCCCCCCCC(=O)NC(CO)C(O)/C=C/CCCCCCCCCCCCCCCC. The van der Waals surface area contributed by atoms with Gasteiger partial charge in [0.1, 0.15) is 0 Å². The van der Waals surface area contributed by atoms with Crippen molar-refractivity contribution in [1.29, 1.82) is 0 Å². The number of amides is 1. The molecule has 0 aliphatic heterocycles. The fourth-order valence-electron chi connectivity index (χ4n) is 8.72. The number of aliphatic hydroxyl groups is 2. The van der Waals surface area contributed by atoms with E-state index in [1.807, 2.05) is 6.08 Å². The van der Waals surface area contributed by atoms with Gasteiger partial charge in [0.05, 0.1) is 25.4 Å². The van der Waals surface area contributed by atoms with E-state index in [1.165, 1.54) is 205 Å². The number of nitrogens with one attached hydrogen (secondary N) is 1. The molecule has 3 N–H and O–H groups in total. The summed E-state index contributed by atoms with van der Waals surface area (Å²) in [4.78, 5) is 24.5. The highest BCUT2D eigenvalue weighted by atomic mass is 16.5. The van der Waals surface area contributed by atoms with E-state index < -0.39 is 12.1 Å². The lowest BCUT2D eigenvalue weighted by molar-refractivity contribution is -0.143. The van der Waals surface area contributed by atoms with Crippen LogP contribution in [0, 0.1) is 0 Å². The van der Waals surface area contributed by atoms with Crippen LogP contribution in [0.25, 0.3) is 0 Å². The topological polar surface area (TPSA) is 95.9 Å². The summed E-state index contributed by atoms with van der Waals surface area (Å²) >= 11 is 0. The van der Waals surface area contributed by atoms with E-state index in [9.17, 15) is 19.8 Å². The third-order valence-corrected chi connectivity index (χ3v) is 13.3. The van der Waals surface area contributed by atoms with Gasteiger partial charge < -0.3 is 20.3 Å². The minimum Gasteiger partial charge on any atom is -0.465 e. The molecule has 2 unspecified atom stereocenters. The number of allylic oxidation sites excluding steroid dienone is 8. The van der Waals surface area contributed by atoms with Crippen LogP contribution in [0.1, 0.15) is 296 Å². The number of aliphatic hydroxyl groups excluding tert-OH is 2. The molecule has 0 saturated heterocycles. The van der Waals surface area contributed by atoms with Gasteiger partial charge in [-0.3, -0.25) is 9.59 Å². The first kappa shape index (κ1) is 65.6. The third kappa shape index (κ3) is 52.9. The average molecular weight is 953 g/mol. The molecule has 0 aromatic rings. The Labute approximate surface area is 422 Å². The second-order valence-electron chi connectivity index (χ2n) is 20.0. The zero-order valence-electron chi connectivity index (χ0n) is 45.1. The molecule has 0 spiro atoms. The molecular formula is C62H113NO5. The maximum absolute atomic E-state index is 12.5. The Balaban J connectivity index is 3.50. The summed E-state index contributed by atoms with van der Waals surface area (Å²) in [6.07, 6.45) is 74.0. The van der Waals surface area contributed by atoms with E-state index in [4.69, 9.17) is 4.74 Å². The van der Waals surface area contributed by atoms with Crippen LogP contribution < -0.4 is 5.32 Å². The van der Waals surface area contributed by atoms with Crippen molar-refractivity contribution in [1.82, 2.24) is 5.32 Å². The lowest BCUT2D eigenvalue weighted by Crippen LogP contribution is -2.45. The van der Waals surface area contributed by atoms with Crippen LogP contribution in [-0.4, -0.2) is 47.4 Å². The summed E-state index contributed by atoms with van der Waals surface area (Å²) in [5, 5.41) is 23.1. The van der Waals surface area contributed by atoms with Gasteiger partial charge in [0, 0.05) is 12.8 Å². The van der Waals surface area contributed by atoms with Crippen molar-refractivity contribution in [3.05, 3.63) is 60.8 Å². The summed E-state index contributed by atoms with van der Waals surface area (Å²) in [5.41, 5.74) is 0. The van der Waals surface area contributed by atoms with Crippen molar-refractivity contribution in [2.75, 3.05) is 13.2 Å². The minimum absolute atomic E-state index is 0.0512. The number of hydrogen-bond donors (Lipinski definition) is 3. The Bertz CT molecular complexity index is 1190. The van der Waals surface area contributed by atoms with Gasteiger partial charge in [-0.15, -0.1) is 0 Å². The monoisotopic (exact) mass is 952 g/mol. The Morgan fingerprint density at radius 3 is 1.16 bits per heavy atom. The molecule has 6 heteroatoms. The maximum atomic E-state index is 12.5. The summed E-state index contributed by atoms with van der Waals surface area (Å²) in [5.74, 6) is -0.124. The van der Waals surface area contributed by atoms with Gasteiger partial charge in [0.2, 0.25) is 5.91 Å². The number of carbonyl (C=O) groups is 2. The van der Waals surface area contributed by atoms with E-state index in [1.54, 1.807) is 6.08 Å². The smallest absolute Gasteiger partial charge is 0.305 e. The number of hydrogen-bond acceptors (Lipinski definition) is 5. The predicted molar refractivity (Wildman–Crippen MR) is 296 cm³/mol. The van der Waals surface area contributed by atoms with Gasteiger partial charge in [-0.05, 0) is 77.0 Å². The van der Waals surface area contributed by atoms with Crippen LogP contribution in [0.5, 0.6) is 0 Å². The second-order valence-corrected chi connectivity index (χ2v) is 20.0. The molecule has 1 amide bonds. The Kier molecular flexibility index (Phi) is 55.1. The van der Waals surface area contributed by atoms with Crippen molar-refractivity contribution >= 4 is 11.9 Å². The van der Waals surface area contributed by atoms with Gasteiger partial charge in [-0.1, -0.05) is 267 Å². The largest absolute Gasteiger partial charge is 0.465 e. The number of esters is 1. The summed E-state index contributed by atoms with van der Waals surface area (Å²) < 4.78 is 5.40. The predicted octanol–water partition coefficient (Wildman–Crippen LogP) is 18.4. The molecule has 0 aliphatic rings. The van der Waals surface area contributed by atoms with Gasteiger partial charge in [0.25, 0.3) is 0 Å². The van der Waals surface area contributed by atoms with Crippen molar-refractivity contribution in [3.8, 4) is 0 Å². The molecule has 0 rings (SSSR count). The number of rotatable bonds is 54. The molecule has 0 heterocycles. The molecule has 0 bridgehead atoms. The summed E-state index contributed by atoms with van der Waals surface area (Å²) in [6.45, 7) is 4.75. The van der Waals surface area contributed by atoms with Crippen LogP contribution in [-0.2, 0) is 14.3 Å². The minimum atomic E-state index is -0.849. The molecule has 0 radical (unpaired) electrons. The maximum Gasteiger partial charge on any atom is 0.305 e. The van der Waals surface area contributed by atoms with Crippen molar-refractivity contribution in [2.24, 2.45) is 0 Å². The van der Waals surface area contributed by atoms with Gasteiger partial charge in [-0.2, -0.15) is 0 Å². The van der Waals surface area contributed by atoms with Crippen molar-refractivity contribution < 1.29 is 24.5 Å². The molecule has 0 aromatic heterocycles. The van der Waals surface area contributed by atoms with Gasteiger partial charge in [0.15, 0.2) is 0 Å². The first-order valence-corrected chi connectivity index (χ1v) is 29.6. The molecule has 0 saturated carbocycles. The van der Waals surface area contributed by atoms with Crippen LogP contribution in [0.2, 0.25) is 0 Å². The van der Waals surface area contributed by atoms with E-state index in [0.29, 0.717) is 19.4 Å². The number of unbranched alkanes of at least 4 members (excludes halogenated alkanes) is 35. The summed E-state index contributed by atoms with van der Waals surface area (Å²) in [6, 6.07) is -0.633. The molecule has 0 fully saturated rings. The fraction of sp³-hybridized carbons (Fsp3) is 0.806. The molecule has 2 atom stereocenters. The highest BCUT2D eigenvalue weighted by Gasteiger charge is 2.18. The number of carbonyl (C=O) groups excluding carboxylic acids is 2. The highest BCUT2D eigenvalue weighted by Crippen LogP contribution is 2.16. The van der Waals surface area contributed by atoms with Crippen LogP contribution >= 0.6 is 0 Å². The fourth-order valence-corrected chi connectivity index (χ4v) is 8.72. The van der Waals surface area contributed by atoms with Gasteiger partial charge in [-0.25, -0.2) is 0 Å². The first-order valence-electron chi connectivity index (χ1n) is 29.6.